The van der Waals surface area contributed by atoms with Gasteiger partial charge in [0.1, 0.15) is 0 Å². The summed E-state index contributed by atoms with van der Waals surface area (Å²) in [6.07, 6.45) is 6.21. The number of aliphatic hydroxyl groups is 1. The van der Waals surface area contributed by atoms with Gasteiger partial charge in [0, 0.05) is 22.4 Å². The van der Waals surface area contributed by atoms with Gasteiger partial charge in [-0.1, -0.05) is 172 Å². The summed E-state index contributed by atoms with van der Waals surface area (Å²) < 4.78 is 0. The molecule has 11 heteroatoms. The number of aromatic nitrogens is 2. The van der Waals surface area contributed by atoms with Crippen LogP contribution < -0.4 is 0 Å². The third-order valence-corrected chi connectivity index (χ3v) is 16.2. The predicted octanol–water partition coefficient (Wildman–Crippen LogP) is 20.4. The Morgan fingerprint density at radius 3 is 0.882 bits per heavy atom. The number of aliphatic hydroxyl groups excluding tert-OH is 1. The van der Waals surface area contributed by atoms with Crippen molar-refractivity contribution in [1.29, 1.82) is 0 Å². The van der Waals surface area contributed by atoms with Crippen LogP contribution in [0.5, 0.6) is 0 Å². The first-order valence-electron chi connectivity index (χ1n) is 32.1. The van der Waals surface area contributed by atoms with Gasteiger partial charge in [-0.15, -0.1) is 0 Å². The molecule has 6 aromatic rings. The number of benzene rings is 4. The van der Waals surface area contributed by atoms with Gasteiger partial charge in [0.2, 0.25) is 11.6 Å². The van der Waals surface area contributed by atoms with Crippen molar-refractivity contribution in [1.82, 2.24) is 9.97 Å². The Bertz CT molecular complexity index is 3640. The minimum absolute atomic E-state index is 0. The molecule has 0 bridgehead atoms. The van der Waals surface area contributed by atoms with Crippen molar-refractivity contribution < 1.29 is 36.3 Å². The van der Waals surface area contributed by atoms with Crippen molar-refractivity contribution in [2.45, 2.75) is 200 Å². The van der Waals surface area contributed by atoms with Gasteiger partial charge in [-0.3, -0.25) is 34.4 Å². The summed E-state index contributed by atoms with van der Waals surface area (Å²) in [4.78, 5) is 62.7. The summed E-state index contributed by atoms with van der Waals surface area (Å²) in [5, 5.41) is 9.84. The molecule has 10 nitrogen and oxygen atoms in total. The molecule has 0 fully saturated rings. The van der Waals surface area contributed by atoms with Crippen LogP contribution in [0, 0.1) is 105 Å². The Hall–Kier alpha value is -7.70. The van der Waals surface area contributed by atoms with Gasteiger partial charge in [-0.05, 0) is 231 Å². The number of aryl methyl sites for hydroxylation is 12. The fourth-order valence-electron chi connectivity index (χ4n) is 11.3. The van der Waals surface area contributed by atoms with Crippen LogP contribution in [0.3, 0.4) is 0 Å². The molecule has 1 unspecified atom stereocenters. The molecule has 2 aliphatic carbocycles. The average Bonchev–Trinajstić information content (AvgIpc) is 0.816. The van der Waals surface area contributed by atoms with Gasteiger partial charge in [0.05, 0.1) is 73.9 Å². The molecule has 0 saturated carbocycles. The van der Waals surface area contributed by atoms with Gasteiger partial charge >= 0.3 is 5.78 Å². The van der Waals surface area contributed by atoms with Crippen LogP contribution in [0.2, 0.25) is 0 Å². The number of carbonyl (C=O) groups is 2. The van der Waals surface area contributed by atoms with E-state index in [2.05, 4.69) is 152 Å². The first kappa shape index (κ1) is 77.7. The molecule has 2 aliphatic rings. The van der Waals surface area contributed by atoms with Gasteiger partial charge in [0.15, 0.2) is 6.10 Å². The molecular weight excluding hydrogens is 1190 g/mol. The van der Waals surface area contributed by atoms with Crippen LogP contribution in [0.1, 0.15) is 200 Å². The van der Waals surface area contributed by atoms with Gasteiger partial charge in [-0.25, -0.2) is 9.97 Å². The number of ketones is 3. The average molecular weight is 1300 g/mol. The molecule has 0 aliphatic heterocycles. The number of carbonyl (C=O) groups excluding carboxylic acids is 3. The number of hydrogen-bond donors (Lipinski definition) is 1. The van der Waals surface area contributed by atoms with Crippen molar-refractivity contribution in [2.24, 2.45) is 41.6 Å². The molecular formula is C82H105CoN6O4+. The van der Waals surface area contributed by atoms with Crippen molar-refractivity contribution >= 4 is 62.9 Å². The smallest absolute Gasteiger partial charge is 0.352 e. The number of hydrogen-bond acceptors (Lipinski definition) is 9. The second-order valence-corrected chi connectivity index (χ2v) is 29.5. The Labute approximate surface area is 568 Å². The zero-order valence-corrected chi connectivity index (χ0v) is 62.2. The number of allylic oxidation sites excluding steroid dienone is 6. The van der Waals surface area contributed by atoms with Gasteiger partial charge in [-0.2, -0.15) is 0 Å². The van der Waals surface area contributed by atoms with E-state index in [1.807, 2.05) is 139 Å². The van der Waals surface area contributed by atoms with E-state index >= 15 is 0 Å². The largest absolute Gasteiger partial charge is 0.376 e. The standard InChI is InChI=1S/2C27H31N3.C14H22O2.C14H20O2.Co/c2*1-16-12-18(3)26(19(4)13-16)28-22(7)24-10-9-11-25(30-24)23(8)29-27-20(5)14-17(2)15-21(27)6;2*1-13(2,3)9-7-10(14(4,5)6)12(16)11(15)8-9;/h2*9-15H,1-8H3;7-8,11,15H,1-6H3;7-8H,1-6H3;/p+1. The topological polar surface area (TPSA) is 151 Å². The quantitative estimate of drug-likeness (QED) is 0.0696. The summed E-state index contributed by atoms with van der Waals surface area (Å²) in [7, 11) is 0. The van der Waals surface area contributed by atoms with Gasteiger partial charge in [0.25, 0.3) is 0 Å². The van der Waals surface area contributed by atoms with Crippen LogP contribution in [-0.4, -0.2) is 66.2 Å². The first-order valence-corrected chi connectivity index (χ1v) is 32.1. The molecule has 0 saturated heterocycles. The summed E-state index contributed by atoms with van der Waals surface area (Å²) in [5.41, 5.74) is 28.6. The number of rotatable bonds is 8. The molecule has 2 N–H and O–H groups in total. The van der Waals surface area contributed by atoms with E-state index in [1.165, 1.54) is 72.8 Å². The van der Waals surface area contributed by atoms with Crippen LogP contribution in [0.4, 0.5) is 22.7 Å². The second-order valence-electron chi connectivity index (χ2n) is 29.5. The fourth-order valence-corrected chi connectivity index (χ4v) is 11.3. The summed E-state index contributed by atoms with van der Waals surface area (Å²) in [6, 6.07) is 29.5. The first-order chi connectivity index (χ1) is 42.4. The van der Waals surface area contributed by atoms with E-state index in [0.717, 1.165) is 85.1 Å². The normalized spacial score (nSPS) is 15.1. The maximum absolute atomic E-state index is 11.8. The number of Topliss-reactive ketones (excluding diaryl/α,β-unsaturated/α-hetero) is 1. The van der Waals surface area contributed by atoms with Crippen LogP contribution in [0.15, 0.2) is 151 Å². The number of pyridine rings is 2. The summed E-state index contributed by atoms with van der Waals surface area (Å²) in [5.74, 6) is -0.668. The third kappa shape index (κ3) is 21.2. The maximum atomic E-state index is 11.8. The maximum Gasteiger partial charge on any atom is 0.352 e. The minimum atomic E-state index is -0.867. The Morgan fingerprint density at radius 1 is 0.398 bits per heavy atom. The molecule has 8 rings (SSSR count). The molecule has 0 spiro atoms. The molecule has 93 heavy (non-hydrogen) atoms. The zero-order valence-electron chi connectivity index (χ0n) is 61.2. The van der Waals surface area contributed by atoms with E-state index in [-0.39, 0.29) is 50.0 Å². The number of nitrogens with zero attached hydrogens (tertiary/aromatic N) is 6. The van der Waals surface area contributed by atoms with E-state index < -0.39 is 11.9 Å². The third-order valence-electron chi connectivity index (χ3n) is 16.2. The molecule has 495 valence electrons. The Kier molecular flexibility index (Phi) is 26.3. The molecule has 2 heterocycles. The van der Waals surface area contributed by atoms with Crippen molar-refractivity contribution in [3.05, 3.63) is 221 Å². The van der Waals surface area contributed by atoms with Crippen LogP contribution in [0.25, 0.3) is 0 Å². The van der Waals surface area contributed by atoms with E-state index in [1.54, 1.807) is 6.08 Å². The Morgan fingerprint density at radius 2 is 0.645 bits per heavy atom. The zero-order chi connectivity index (χ0) is 69.4. The Balaban J connectivity index is 0.000000275. The van der Waals surface area contributed by atoms with Gasteiger partial charge < -0.3 is 5.11 Å². The van der Waals surface area contributed by atoms with E-state index in [4.69, 9.17) is 29.9 Å². The molecule has 1 atom stereocenters. The summed E-state index contributed by atoms with van der Waals surface area (Å²) in [6.45, 7) is 57.8. The SMILES string of the molecule is CC(=Nc1c(C)cc(C)cc1C)c1cccc(C(C)=Nc2c(C)cc(C)cc2C)n1.CC(=Nc1c(C)cc(C)cc1C)c1cccc(C(C)=Nc2c(C)cc(C)cc2C)n1.CC(C)(C)C1=CC(=O)C(=O)C(C(C)(C)C)=C1.CC(C)(C)C1=CC(O)C(=[OH+])C(C(C)(C)C)=C1.[Co]. The van der Waals surface area contributed by atoms with Crippen LogP contribution >= 0.6 is 0 Å². The molecule has 0 amide bonds. The fraction of sp³-hybridized carbons (Fsp3) is 0.402. The molecule has 2 aromatic heterocycles. The van der Waals surface area contributed by atoms with E-state index in [0.29, 0.717) is 5.57 Å². The minimum Gasteiger partial charge on any atom is -0.376 e. The molecule has 1 radical (unpaired) electrons. The monoisotopic (exact) mass is 1300 g/mol. The number of aliphatic imine (C=N–C) groups is 4. The summed E-state index contributed by atoms with van der Waals surface area (Å²) >= 11 is 0. The van der Waals surface area contributed by atoms with E-state index in [9.17, 15) is 19.5 Å². The second kappa shape index (κ2) is 31.5. The van der Waals surface area contributed by atoms with Crippen molar-refractivity contribution in [3.8, 4) is 0 Å². The van der Waals surface area contributed by atoms with Crippen LogP contribution in [-0.2, 0) is 26.4 Å². The molecule has 4 aromatic carbocycles. The van der Waals surface area contributed by atoms with Crippen molar-refractivity contribution in [3.63, 3.8) is 0 Å². The van der Waals surface area contributed by atoms with Crippen molar-refractivity contribution in [2.75, 3.05) is 0 Å². The predicted molar refractivity (Wildman–Crippen MR) is 392 cm³/mol.